The van der Waals surface area contributed by atoms with Crippen molar-refractivity contribution in [1.29, 1.82) is 0 Å². The summed E-state index contributed by atoms with van der Waals surface area (Å²) in [6.07, 6.45) is 9.10. The Morgan fingerprint density at radius 2 is 2.18 bits per heavy atom. The minimum Gasteiger partial charge on any atom is -0.0843 e. The smallest absolute Gasteiger partial charge is 0.0110 e. The maximum Gasteiger partial charge on any atom is -0.0110 e. The van der Waals surface area contributed by atoms with Gasteiger partial charge in [0.2, 0.25) is 0 Å². The van der Waals surface area contributed by atoms with E-state index in [0.717, 1.165) is 5.92 Å². The van der Waals surface area contributed by atoms with Gasteiger partial charge in [-0.05, 0) is 36.0 Å². The van der Waals surface area contributed by atoms with Gasteiger partial charge < -0.3 is 0 Å². The number of allylic oxidation sites excluding steroid dienone is 2. The van der Waals surface area contributed by atoms with Crippen LogP contribution < -0.4 is 0 Å². The molecule has 2 atom stereocenters. The van der Waals surface area contributed by atoms with Gasteiger partial charge in [0.25, 0.3) is 0 Å². The monoisotopic (exact) mass is 150 g/mol. The molecule has 62 valence electrons. The first-order valence-corrected chi connectivity index (χ1v) is 4.77. The van der Waals surface area contributed by atoms with E-state index >= 15 is 0 Å². The molecule has 2 aliphatic rings. The van der Waals surface area contributed by atoms with Crippen LogP contribution in [0.4, 0.5) is 0 Å². The molecule has 1 fully saturated rings. The lowest BCUT2D eigenvalue weighted by Crippen LogP contribution is -2.20. The van der Waals surface area contributed by atoms with Gasteiger partial charge in [-0.1, -0.05) is 32.9 Å². The van der Waals surface area contributed by atoms with Crippen molar-refractivity contribution in [3.05, 3.63) is 12.2 Å². The predicted octanol–water partition coefficient (Wildman–Crippen LogP) is 3.39. The maximum absolute atomic E-state index is 2.48. The summed E-state index contributed by atoms with van der Waals surface area (Å²) in [5.41, 5.74) is 1.19. The van der Waals surface area contributed by atoms with E-state index < -0.39 is 0 Å². The van der Waals surface area contributed by atoms with E-state index in [1.807, 2.05) is 0 Å². The molecular weight excluding hydrogens is 132 g/mol. The van der Waals surface area contributed by atoms with Gasteiger partial charge in [0.15, 0.2) is 0 Å². The molecule has 11 heavy (non-hydrogen) atoms. The Balaban J connectivity index is 2.29. The molecule has 0 aromatic heterocycles. The molecular formula is C11H18. The molecule has 0 amide bonds. The van der Waals surface area contributed by atoms with Crippen molar-refractivity contribution in [3.8, 4) is 0 Å². The normalized spacial score (nSPS) is 45.2. The Morgan fingerprint density at radius 1 is 1.45 bits per heavy atom. The minimum atomic E-state index is 0.588. The van der Waals surface area contributed by atoms with E-state index in [9.17, 15) is 0 Å². The van der Waals surface area contributed by atoms with Crippen LogP contribution in [0, 0.1) is 16.7 Å². The van der Waals surface area contributed by atoms with Crippen LogP contribution in [0.5, 0.6) is 0 Å². The number of rotatable bonds is 1. The van der Waals surface area contributed by atoms with Gasteiger partial charge in [-0.25, -0.2) is 0 Å². The van der Waals surface area contributed by atoms with E-state index in [0.29, 0.717) is 10.8 Å². The Kier molecular flexibility index (Phi) is 1.28. The molecule has 2 aliphatic carbocycles. The highest BCUT2D eigenvalue weighted by Crippen LogP contribution is 2.59. The second-order valence-corrected chi connectivity index (χ2v) is 5.05. The summed E-state index contributed by atoms with van der Waals surface area (Å²) in [5, 5.41) is 0. The first-order chi connectivity index (χ1) is 5.08. The van der Waals surface area contributed by atoms with E-state index in [2.05, 4.69) is 32.9 Å². The van der Waals surface area contributed by atoms with Crippen molar-refractivity contribution in [2.45, 2.75) is 40.0 Å². The van der Waals surface area contributed by atoms with E-state index in [-0.39, 0.29) is 0 Å². The van der Waals surface area contributed by atoms with Gasteiger partial charge in [0.1, 0.15) is 0 Å². The summed E-state index contributed by atoms with van der Waals surface area (Å²) in [6, 6.07) is 0. The molecule has 0 spiro atoms. The average Bonchev–Trinajstić information content (AvgIpc) is 2.42. The van der Waals surface area contributed by atoms with Crippen LogP contribution in [0.3, 0.4) is 0 Å². The third-order valence-electron chi connectivity index (χ3n) is 3.82. The van der Waals surface area contributed by atoms with Crippen molar-refractivity contribution in [1.82, 2.24) is 0 Å². The van der Waals surface area contributed by atoms with Crippen molar-refractivity contribution < 1.29 is 0 Å². The van der Waals surface area contributed by atoms with Gasteiger partial charge >= 0.3 is 0 Å². The van der Waals surface area contributed by atoms with E-state index in [1.165, 1.54) is 19.3 Å². The average molecular weight is 150 g/mol. The summed E-state index contributed by atoms with van der Waals surface area (Å²) in [6.45, 7) is 7.16. The molecule has 0 nitrogen and oxygen atoms in total. The highest BCUT2D eigenvalue weighted by Gasteiger charge is 2.49. The third-order valence-corrected chi connectivity index (χ3v) is 3.82. The van der Waals surface area contributed by atoms with Gasteiger partial charge in [0.05, 0.1) is 0 Å². The maximum atomic E-state index is 2.48. The second kappa shape index (κ2) is 1.91. The topological polar surface area (TPSA) is 0 Å². The largest absolute Gasteiger partial charge is 0.0843 e. The molecule has 0 aromatic rings. The lowest BCUT2D eigenvalue weighted by atomic mass is 9.75. The summed E-state index contributed by atoms with van der Waals surface area (Å²) in [4.78, 5) is 0. The number of hydrogen-bond acceptors (Lipinski definition) is 0. The lowest BCUT2D eigenvalue weighted by molar-refractivity contribution is 0.268. The zero-order valence-corrected chi connectivity index (χ0v) is 7.85. The zero-order chi connectivity index (χ0) is 8.11. The van der Waals surface area contributed by atoms with Gasteiger partial charge in [0, 0.05) is 0 Å². The molecule has 1 saturated carbocycles. The molecule has 0 heterocycles. The number of hydrogen-bond donors (Lipinski definition) is 0. The second-order valence-electron chi connectivity index (χ2n) is 5.05. The Bertz CT molecular complexity index is 200. The van der Waals surface area contributed by atoms with E-state index in [1.54, 1.807) is 0 Å². The van der Waals surface area contributed by atoms with Crippen molar-refractivity contribution >= 4 is 0 Å². The predicted molar refractivity (Wildman–Crippen MR) is 48.4 cm³/mol. The van der Waals surface area contributed by atoms with Crippen molar-refractivity contribution in [2.75, 3.05) is 0 Å². The van der Waals surface area contributed by atoms with Crippen LogP contribution in [0.25, 0.3) is 0 Å². The Hall–Kier alpha value is -0.260. The lowest BCUT2D eigenvalue weighted by Gasteiger charge is -2.30. The molecule has 0 aliphatic heterocycles. The van der Waals surface area contributed by atoms with Crippen LogP contribution in [-0.2, 0) is 0 Å². The van der Waals surface area contributed by atoms with Crippen molar-refractivity contribution in [3.63, 3.8) is 0 Å². The van der Waals surface area contributed by atoms with Gasteiger partial charge in [-0.3, -0.25) is 0 Å². The van der Waals surface area contributed by atoms with Crippen molar-refractivity contribution in [2.24, 2.45) is 16.7 Å². The third kappa shape index (κ3) is 0.881. The minimum absolute atomic E-state index is 0.588. The molecule has 0 aromatic carbocycles. The Morgan fingerprint density at radius 3 is 2.45 bits per heavy atom. The highest BCUT2D eigenvalue weighted by atomic mass is 14.5. The molecule has 0 N–H and O–H groups in total. The van der Waals surface area contributed by atoms with Crippen LogP contribution in [0.2, 0.25) is 0 Å². The molecule has 2 rings (SSSR count). The molecule has 0 radical (unpaired) electrons. The first kappa shape index (κ1) is 7.39. The molecule has 0 saturated heterocycles. The quantitative estimate of drug-likeness (QED) is 0.503. The summed E-state index contributed by atoms with van der Waals surface area (Å²) in [7, 11) is 0. The fourth-order valence-electron chi connectivity index (χ4n) is 2.99. The first-order valence-electron chi connectivity index (χ1n) is 4.77. The molecule has 2 bridgehead atoms. The van der Waals surface area contributed by atoms with Crippen LogP contribution in [-0.4, -0.2) is 0 Å². The van der Waals surface area contributed by atoms with E-state index in [4.69, 9.17) is 0 Å². The SMILES string of the molecule is CCC12C=CC(C1)C(C)(C)C2. The highest BCUT2D eigenvalue weighted by molar-refractivity contribution is 5.20. The fourth-order valence-corrected chi connectivity index (χ4v) is 2.99. The molecule has 0 heteroatoms. The summed E-state index contributed by atoms with van der Waals surface area (Å²) in [5.74, 6) is 0.877. The van der Waals surface area contributed by atoms with Crippen LogP contribution >= 0.6 is 0 Å². The van der Waals surface area contributed by atoms with Gasteiger partial charge in [-0.15, -0.1) is 0 Å². The standard InChI is InChI=1S/C11H18/c1-4-11-6-5-9(7-11)10(2,3)8-11/h5-6,9H,4,7-8H2,1-3H3. The molecule has 2 unspecified atom stereocenters. The van der Waals surface area contributed by atoms with Crippen LogP contribution in [0.1, 0.15) is 40.0 Å². The zero-order valence-electron chi connectivity index (χ0n) is 7.85. The van der Waals surface area contributed by atoms with Crippen LogP contribution in [0.15, 0.2) is 12.2 Å². The number of fused-ring (bicyclic) bond motifs is 2. The van der Waals surface area contributed by atoms with Gasteiger partial charge in [-0.2, -0.15) is 0 Å². The summed E-state index contributed by atoms with van der Waals surface area (Å²) >= 11 is 0. The fraction of sp³-hybridized carbons (Fsp3) is 0.818. The summed E-state index contributed by atoms with van der Waals surface area (Å²) < 4.78 is 0. The Labute approximate surface area is 69.7 Å².